The van der Waals surface area contributed by atoms with E-state index in [-0.39, 0.29) is 23.2 Å². The Kier molecular flexibility index (Phi) is 8.56. The number of halogens is 3. The van der Waals surface area contributed by atoms with Crippen LogP contribution in [0.25, 0.3) is 0 Å². The van der Waals surface area contributed by atoms with E-state index in [1.807, 2.05) is 0 Å². The summed E-state index contributed by atoms with van der Waals surface area (Å²) in [6.45, 7) is -1.87. The van der Waals surface area contributed by atoms with Crippen molar-refractivity contribution in [1.29, 1.82) is 0 Å². The maximum absolute atomic E-state index is 12.3. The van der Waals surface area contributed by atoms with Crippen molar-refractivity contribution in [2.45, 2.75) is 24.4 Å². The van der Waals surface area contributed by atoms with Gasteiger partial charge in [0.25, 0.3) is 5.91 Å². The summed E-state index contributed by atoms with van der Waals surface area (Å²) in [5.74, 6) is 0.0590. The summed E-state index contributed by atoms with van der Waals surface area (Å²) >= 11 is 7.25. The molecule has 3 aromatic rings. The maximum Gasteiger partial charge on any atom is 0.387 e. The van der Waals surface area contributed by atoms with Crippen LogP contribution in [-0.4, -0.2) is 34.9 Å². The van der Waals surface area contributed by atoms with Gasteiger partial charge in [0, 0.05) is 35.0 Å². The van der Waals surface area contributed by atoms with Gasteiger partial charge in [0.05, 0.1) is 5.02 Å². The van der Waals surface area contributed by atoms with Crippen LogP contribution in [-0.2, 0) is 10.5 Å². The SMILES string of the molecule is CC(=O)c1ccc(OCC(=O)Nc2ccc(OC(F)F)c(Cl)c2)c(CSc2ncccn2)c1. The lowest BCUT2D eigenvalue weighted by molar-refractivity contribution is -0.118. The predicted octanol–water partition coefficient (Wildman–Crippen LogP) is 5.24. The molecule has 0 fully saturated rings. The molecule has 1 amide bonds. The number of hydrogen-bond donors (Lipinski definition) is 1. The molecular weight excluding hydrogens is 476 g/mol. The van der Waals surface area contributed by atoms with Gasteiger partial charge in [-0.15, -0.1) is 0 Å². The highest BCUT2D eigenvalue weighted by atomic mass is 35.5. The molecule has 0 unspecified atom stereocenters. The highest BCUT2D eigenvalue weighted by Crippen LogP contribution is 2.30. The Morgan fingerprint density at radius 2 is 1.85 bits per heavy atom. The van der Waals surface area contributed by atoms with Gasteiger partial charge in [-0.05, 0) is 49.4 Å². The monoisotopic (exact) mass is 493 g/mol. The summed E-state index contributed by atoms with van der Waals surface area (Å²) in [6.07, 6.45) is 3.25. The van der Waals surface area contributed by atoms with E-state index in [0.29, 0.717) is 33.5 Å². The number of carbonyl (C=O) groups is 2. The lowest BCUT2D eigenvalue weighted by atomic mass is 10.1. The number of nitrogens with one attached hydrogen (secondary N) is 1. The molecule has 3 rings (SSSR count). The van der Waals surface area contributed by atoms with Gasteiger partial charge in [-0.3, -0.25) is 9.59 Å². The summed E-state index contributed by atoms with van der Waals surface area (Å²) in [6, 6.07) is 10.6. The predicted molar refractivity (Wildman–Crippen MR) is 120 cm³/mol. The topological polar surface area (TPSA) is 90.4 Å². The van der Waals surface area contributed by atoms with Gasteiger partial charge >= 0.3 is 6.61 Å². The number of anilines is 1. The Hall–Kier alpha value is -3.24. The van der Waals surface area contributed by atoms with Gasteiger partial charge in [0.1, 0.15) is 11.5 Å². The van der Waals surface area contributed by atoms with Crippen LogP contribution < -0.4 is 14.8 Å². The lowest BCUT2D eigenvalue weighted by Gasteiger charge is -2.13. The summed E-state index contributed by atoms with van der Waals surface area (Å²) in [4.78, 5) is 32.4. The fraction of sp³-hybridized carbons (Fsp3) is 0.182. The average molecular weight is 494 g/mol. The van der Waals surface area contributed by atoms with E-state index in [1.165, 1.54) is 36.9 Å². The molecule has 172 valence electrons. The molecule has 7 nitrogen and oxygen atoms in total. The third-order valence-electron chi connectivity index (χ3n) is 4.16. The first-order valence-corrected chi connectivity index (χ1v) is 10.9. The number of carbonyl (C=O) groups excluding carboxylic acids is 2. The Bertz CT molecular complexity index is 1140. The molecule has 1 N–H and O–H groups in total. The number of Topliss-reactive ketones (excluding diaryl/α,β-unsaturated/α-hetero) is 1. The number of amides is 1. The number of nitrogens with zero attached hydrogens (tertiary/aromatic N) is 2. The van der Waals surface area contributed by atoms with Crippen LogP contribution in [0.2, 0.25) is 5.02 Å². The normalized spacial score (nSPS) is 10.7. The molecule has 0 saturated heterocycles. The van der Waals surface area contributed by atoms with Crippen LogP contribution in [0, 0.1) is 0 Å². The fourth-order valence-electron chi connectivity index (χ4n) is 2.66. The van der Waals surface area contributed by atoms with E-state index in [2.05, 4.69) is 20.0 Å². The average Bonchev–Trinajstić information content (AvgIpc) is 2.78. The molecular formula is C22H18ClF2N3O4S. The molecule has 0 saturated carbocycles. The van der Waals surface area contributed by atoms with Gasteiger partial charge in [0.2, 0.25) is 0 Å². The summed E-state index contributed by atoms with van der Waals surface area (Å²) in [5, 5.41) is 3.06. The molecule has 0 atom stereocenters. The van der Waals surface area contributed by atoms with Crippen LogP contribution in [0.4, 0.5) is 14.5 Å². The smallest absolute Gasteiger partial charge is 0.387 e. The van der Waals surface area contributed by atoms with Crippen molar-refractivity contribution in [3.63, 3.8) is 0 Å². The third-order valence-corrected chi connectivity index (χ3v) is 5.38. The second-order valence-electron chi connectivity index (χ2n) is 6.56. The molecule has 1 heterocycles. The highest BCUT2D eigenvalue weighted by Gasteiger charge is 2.13. The Labute approximate surface area is 197 Å². The zero-order valence-electron chi connectivity index (χ0n) is 17.3. The zero-order valence-corrected chi connectivity index (χ0v) is 18.8. The van der Waals surface area contributed by atoms with Gasteiger partial charge < -0.3 is 14.8 Å². The van der Waals surface area contributed by atoms with Crippen molar-refractivity contribution in [2.75, 3.05) is 11.9 Å². The zero-order chi connectivity index (χ0) is 23.8. The number of aromatic nitrogens is 2. The molecule has 0 aliphatic rings. The van der Waals surface area contributed by atoms with Crippen LogP contribution in [0.5, 0.6) is 11.5 Å². The molecule has 33 heavy (non-hydrogen) atoms. The van der Waals surface area contributed by atoms with Crippen molar-refractivity contribution in [3.05, 3.63) is 71.0 Å². The number of hydrogen-bond acceptors (Lipinski definition) is 7. The number of thioether (sulfide) groups is 1. The number of alkyl halides is 2. The van der Waals surface area contributed by atoms with Gasteiger partial charge in [-0.1, -0.05) is 23.4 Å². The fourth-order valence-corrected chi connectivity index (χ4v) is 3.67. The van der Waals surface area contributed by atoms with Crippen LogP contribution in [0.3, 0.4) is 0 Å². The molecule has 0 spiro atoms. The minimum Gasteiger partial charge on any atom is -0.483 e. The molecule has 0 bridgehead atoms. The third kappa shape index (κ3) is 7.40. The second kappa shape index (κ2) is 11.6. The van der Waals surface area contributed by atoms with Crippen LogP contribution in [0.1, 0.15) is 22.8 Å². The van der Waals surface area contributed by atoms with Crippen molar-refractivity contribution in [1.82, 2.24) is 9.97 Å². The van der Waals surface area contributed by atoms with Crippen molar-refractivity contribution >= 4 is 40.7 Å². The number of rotatable bonds is 10. The number of ketones is 1. The first kappa shape index (κ1) is 24.4. The Balaban J connectivity index is 1.65. The lowest BCUT2D eigenvalue weighted by Crippen LogP contribution is -2.20. The van der Waals surface area contributed by atoms with Crippen molar-refractivity contribution < 1.29 is 27.8 Å². The van der Waals surface area contributed by atoms with E-state index in [0.717, 1.165) is 0 Å². The Morgan fingerprint density at radius 3 is 2.52 bits per heavy atom. The molecule has 1 aromatic heterocycles. The minimum atomic E-state index is -3.01. The van der Waals surface area contributed by atoms with Gasteiger partial charge in [-0.25, -0.2) is 9.97 Å². The van der Waals surface area contributed by atoms with Crippen LogP contribution in [0.15, 0.2) is 60.0 Å². The summed E-state index contributed by atoms with van der Waals surface area (Å²) in [5.41, 5.74) is 1.50. The van der Waals surface area contributed by atoms with Crippen molar-refractivity contribution in [3.8, 4) is 11.5 Å². The second-order valence-corrected chi connectivity index (χ2v) is 7.91. The van der Waals surface area contributed by atoms with E-state index in [9.17, 15) is 18.4 Å². The van der Waals surface area contributed by atoms with Gasteiger partial charge in [-0.2, -0.15) is 8.78 Å². The summed E-state index contributed by atoms with van der Waals surface area (Å²) < 4.78 is 34.6. The molecule has 0 radical (unpaired) electrons. The van der Waals surface area contributed by atoms with E-state index < -0.39 is 12.5 Å². The quantitative estimate of drug-likeness (QED) is 0.234. The standard InChI is InChI=1S/C22H18ClF2N3O4S/c1-13(29)14-3-5-18(15(9-14)12-33-22-26-7-2-8-27-22)31-11-20(30)28-16-4-6-19(17(23)10-16)32-21(24)25/h2-10,21H,11-12H2,1H3,(H,28,30). The number of benzene rings is 2. The van der Waals surface area contributed by atoms with Crippen LogP contribution >= 0.6 is 23.4 Å². The largest absolute Gasteiger partial charge is 0.483 e. The van der Waals surface area contributed by atoms with E-state index in [1.54, 1.807) is 36.7 Å². The summed E-state index contributed by atoms with van der Waals surface area (Å²) in [7, 11) is 0. The van der Waals surface area contributed by atoms with Crippen molar-refractivity contribution in [2.24, 2.45) is 0 Å². The minimum absolute atomic E-state index is 0.0729. The first-order chi connectivity index (χ1) is 15.8. The maximum atomic E-state index is 12.3. The molecule has 11 heteroatoms. The van der Waals surface area contributed by atoms with E-state index in [4.69, 9.17) is 16.3 Å². The molecule has 0 aliphatic carbocycles. The number of ether oxygens (including phenoxy) is 2. The molecule has 0 aliphatic heterocycles. The first-order valence-electron chi connectivity index (χ1n) is 9.52. The molecule has 2 aromatic carbocycles. The Morgan fingerprint density at radius 1 is 1.12 bits per heavy atom. The highest BCUT2D eigenvalue weighted by molar-refractivity contribution is 7.98. The van der Waals surface area contributed by atoms with E-state index >= 15 is 0 Å². The van der Waals surface area contributed by atoms with Gasteiger partial charge in [0.15, 0.2) is 17.5 Å².